The number of hydrogen-bond acceptors (Lipinski definition) is 5. The van der Waals surface area contributed by atoms with Crippen LogP contribution in [-0.2, 0) is 0 Å². The molecule has 0 aliphatic rings. The van der Waals surface area contributed by atoms with Gasteiger partial charge in [0.2, 0.25) is 5.75 Å². The van der Waals surface area contributed by atoms with Crippen LogP contribution in [0, 0.1) is 0 Å². The van der Waals surface area contributed by atoms with Gasteiger partial charge in [-0.2, -0.15) is 0 Å². The Labute approximate surface area is 168 Å². The second kappa shape index (κ2) is 7.67. The van der Waals surface area contributed by atoms with E-state index >= 15 is 0 Å². The first kappa shape index (κ1) is 18.6. The number of carbonyl (C=O) groups is 1. The van der Waals surface area contributed by atoms with E-state index in [-0.39, 0.29) is 5.91 Å². The highest BCUT2D eigenvalue weighted by Crippen LogP contribution is 2.40. The zero-order chi connectivity index (χ0) is 20.4. The number of methoxy groups -OCH3 is 3. The molecule has 0 atom stereocenters. The van der Waals surface area contributed by atoms with Crippen LogP contribution in [0.1, 0.15) is 10.4 Å². The van der Waals surface area contributed by atoms with Crippen molar-refractivity contribution in [3.8, 4) is 17.2 Å². The molecule has 6 nitrogen and oxygen atoms in total. The third kappa shape index (κ3) is 3.29. The highest BCUT2D eigenvalue weighted by molar-refractivity contribution is 6.20. The minimum absolute atomic E-state index is 0.242. The molecule has 6 heteroatoms. The number of benzene rings is 3. The SMILES string of the molecule is COc1cc(NC(=O)c2c3ccccc3nc3ccccc23)cc(OC)c1OC. The maximum atomic E-state index is 13.3. The van der Waals surface area contributed by atoms with Crippen LogP contribution in [0.25, 0.3) is 21.8 Å². The van der Waals surface area contributed by atoms with Crippen molar-refractivity contribution in [3.63, 3.8) is 0 Å². The van der Waals surface area contributed by atoms with E-state index in [0.29, 0.717) is 28.5 Å². The predicted octanol–water partition coefficient (Wildman–Crippen LogP) is 4.67. The molecule has 29 heavy (non-hydrogen) atoms. The molecule has 0 unspecified atom stereocenters. The summed E-state index contributed by atoms with van der Waals surface area (Å²) in [6, 6.07) is 18.6. The van der Waals surface area contributed by atoms with E-state index in [4.69, 9.17) is 14.2 Å². The number of hydrogen-bond donors (Lipinski definition) is 1. The first-order valence-electron chi connectivity index (χ1n) is 9.05. The lowest BCUT2D eigenvalue weighted by molar-refractivity contribution is 0.102. The van der Waals surface area contributed by atoms with Crippen LogP contribution >= 0.6 is 0 Å². The van der Waals surface area contributed by atoms with Gasteiger partial charge < -0.3 is 19.5 Å². The zero-order valence-electron chi connectivity index (χ0n) is 16.4. The molecule has 0 spiro atoms. The maximum absolute atomic E-state index is 13.3. The van der Waals surface area contributed by atoms with E-state index in [9.17, 15) is 4.79 Å². The van der Waals surface area contributed by atoms with E-state index in [2.05, 4.69) is 10.3 Å². The molecule has 3 aromatic carbocycles. The largest absolute Gasteiger partial charge is 0.493 e. The molecule has 1 amide bonds. The predicted molar refractivity (Wildman–Crippen MR) is 113 cm³/mol. The number of nitrogens with zero attached hydrogens (tertiary/aromatic N) is 1. The van der Waals surface area contributed by atoms with Crippen molar-refractivity contribution in [1.82, 2.24) is 4.98 Å². The maximum Gasteiger partial charge on any atom is 0.257 e. The van der Waals surface area contributed by atoms with Crippen molar-refractivity contribution >= 4 is 33.4 Å². The number of fused-ring (bicyclic) bond motifs is 2. The highest BCUT2D eigenvalue weighted by Gasteiger charge is 2.18. The molecule has 4 aromatic rings. The Balaban J connectivity index is 1.84. The fraction of sp³-hybridized carbons (Fsp3) is 0.130. The molecule has 0 saturated carbocycles. The number of pyridine rings is 1. The third-order valence-electron chi connectivity index (χ3n) is 4.74. The second-order valence-corrected chi connectivity index (χ2v) is 6.39. The fourth-order valence-corrected chi connectivity index (χ4v) is 3.43. The standard InChI is InChI=1S/C23H20N2O4/c1-27-19-12-14(13-20(28-2)22(19)29-3)24-23(26)21-15-8-4-6-10-17(15)25-18-11-7-5-9-16(18)21/h4-13H,1-3H3,(H,24,26). The lowest BCUT2D eigenvalue weighted by atomic mass is 10.0. The molecule has 4 rings (SSSR count). The number of para-hydroxylation sites is 2. The molecular weight excluding hydrogens is 368 g/mol. The Bertz CT molecular complexity index is 1140. The van der Waals surface area contributed by atoms with Crippen LogP contribution in [0.5, 0.6) is 17.2 Å². The molecule has 1 aromatic heterocycles. The first-order valence-corrected chi connectivity index (χ1v) is 9.05. The monoisotopic (exact) mass is 388 g/mol. The van der Waals surface area contributed by atoms with Crippen LogP contribution in [0.3, 0.4) is 0 Å². The van der Waals surface area contributed by atoms with E-state index in [1.54, 1.807) is 12.1 Å². The summed E-state index contributed by atoms with van der Waals surface area (Å²) in [5.41, 5.74) is 2.64. The number of carbonyl (C=O) groups excluding carboxylic acids is 1. The Morgan fingerprint density at radius 3 is 1.79 bits per heavy atom. The van der Waals surface area contributed by atoms with Gasteiger partial charge in [-0.05, 0) is 12.1 Å². The van der Waals surface area contributed by atoms with E-state index < -0.39 is 0 Å². The summed E-state index contributed by atoms with van der Waals surface area (Å²) in [5.74, 6) is 1.15. The van der Waals surface area contributed by atoms with E-state index in [1.807, 2.05) is 48.5 Å². The summed E-state index contributed by atoms with van der Waals surface area (Å²) >= 11 is 0. The summed E-state index contributed by atoms with van der Waals surface area (Å²) in [7, 11) is 4.60. The normalized spacial score (nSPS) is 10.7. The zero-order valence-corrected chi connectivity index (χ0v) is 16.4. The summed E-state index contributed by atoms with van der Waals surface area (Å²) in [6.45, 7) is 0. The number of rotatable bonds is 5. The lowest BCUT2D eigenvalue weighted by Crippen LogP contribution is -2.14. The lowest BCUT2D eigenvalue weighted by Gasteiger charge is -2.15. The molecule has 0 aliphatic heterocycles. The van der Waals surface area contributed by atoms with Gasteiger partial charge in [0.25, 0.3) is 5.91 Å². The number of ether oxygens (including phenoxy) is 3. The van der Waals surface area contributed by atoms with Gasteiger partial charge >= 0.3 is 0 Å². The minimum atomic E-state index is -0.242. The van der Waals surface area contributed by atoms with Crippen molar-refractivity contribution in [2.45, 2.75) is 0 Å². The van der Waals surface area contributed by atoms with Crippen LogP contribution in [0.4, 0.5) is 5.69 Å². The smallest absolute Gasteiger partial charge is 0.257 e. The Morgan fingerprint density at radius 1 is 0.793 bits per heavy atom. The van der Waals surface area contributed by atoms with Gasteiger partial charge in [-0.25, -0.2) is 4.98 Å². The number of anilines is 1. The van der Waals surface area contributed by atoms with Crippen molar-refractivity contribution in [2.75, 3.05) is 26.6 Å². The average molecular weight is 388 g/mol. The summed E-state index contributed by atoms with van der Waals surface area (Å²) in [4.78, 5) is 18.0. The molecular formula is C23H20N2O4. The van der Waals surface area contributed by atoms with Gasteiger partial charge in [0.05, 0.1) is 37.9 Å². The van der Waals surface area contributed by atoms with Gasteiger partial charge in [-0.3, -0.25) is 4.79 Å². The second-order valence-electron chi connectivity index (χ2n) is 6.39. The van der Waals surface area contributed by atoms with Crippen LogP contribution in [-0.4, -0.2) is 32.2 Å². The quantitative estimate of drug-likeness (QED) is 0.503. The number of aromatic nitrogens is 1. The van der Waals surface area contributed by atoms with Crippen LogP contribution < -0.4 is 19.5 Å². The van der Waals surface area contributed by atoms with Gasteiger partial charge in [0, 0.05) is 28.6 Å². The third-order valence-corrected chi connectivity index (χ3v) is 4.74. The molecule has 0 fully saturated rings. The van der Waals surface area contributed by atoms with E-state index in [1.165, 1.54) is 21.3 Å². The molecule has 1 heterocycles. The number of amides is 1. The number of nitrogens with one attached hydrogen (secondary N) is 1. The van der Waals surface area contributed by atoms with Crippen molar-refractivity contribution in [1.29, 1.82) is 0 Å². The van der Waals surface area contributed by atoms with Crippen molar-refractivity contribution < 1.29 is 19.0 Å². The average Bonchev–Trinajstić information content (AvgIpc) is 2.76. The van der Waals surface area contributed by atoms with Gasteiger partial charge in [-0.15, -0.1) is 0 Å². The topological polar surface area (TPSA) is 69.7 Å². The molecule has 0 saturated heterocycles. The first-order chi connectivity index (χ1) is 14.2. The Hall–Kier alpha value is -3.80. The molecule has 146 valence electrons. The fourth-order valence-electron chi connectivity index (χ4n) is 3.43. The summed E-state index contributed by atoms with van der Waals surface area (Å²) in [5, 5.41) is 4.54. The summed E-state index contributed by atoms with van der Waals surface area (Å²) in [6.07, 6.45) is 0. The molecule has 0 aliphatic carbocycles. The highest BCUT2D eigenvalue weighted by atomic mass is 16.5. The molecule has 1 N–H and O–H groups in total. The Morgan fingerprint density at radius 2 is 1.31 bits per heavy atom. The summed E-state index contributed by atoms with van der Waals surface area (Å²) < 4.78 is 16.1. The van der Waals surface area contributed by atoms with Gasteiger partial charge in [0.1, 0.15) is 0 Å². The van der Waals surface area contributed by atoms with Crippen LogP contribution in [0.2, 0.25) is 0 Å². The van der Waals surface area contributed by atoms with Crippen LogP contribution in [0.15, 0.2) is 60.7 Å². The van der Waals surface area contributed by atoms with Gasteiger partial charge in [0.15, 0.2) is 11.5 Å². The molecule has 0 radical (unpaired) electrons. The minimum Gasteiger partial charge on any atom is -0.493 e. The van der Waals surface area contributed by atoms with Gasteiger partial charge in [-0.1, -0.05) is 36.4 Å². The Kier molecular flexibility index (Phi) is 4.91. The van der Waals surface area contributed by atoms with E-state index in [0.717, 1.165) is 21.8 Å². The van der Waals surface area contributed by atoms with Crippen molar-refractivity contribution in [2.24, 2.45) is 0 Å². The molecule has 0 bridgehead atoms. The van der Waals surface area contributed by atoms with Crippen molar-refractivity contribution in [3.05, 3.63) is 66.2 Å².